The van der Waals surface area contributed by atoms with Crippen LogP contribution in [0.4, 0.5) is 0 Å². The van der Waals surface area contributed by atoms with E-state index in [1.54, 1.807) is 74.2 Å². The van der Waals surface area contributed by atoms with Gasteiger partial charge in [-0.1, -0.05) is 105 Å². The van der Waals surface area contributed by atoms with Crippen LogP contribution in [0.2, 0.25) is 0 Å². The van der Waals surface area contributed by atoms with Crippen LogP contribution in [-0.4, -0.2) is 163 Å². The van der Waals surface area contributed by atoms with E-state index in [4.69, 9.17) is 53.7 Å². The van der Waals surface area contributed by atoms with E-state index >= 15 is 0 Å². The molecule has 4 aliphatic heterocycles. The van der Waals surface area contributed by atoms with Gasteiger partial charge in [-0.2, -0.15) is 0 Å². The quantitative estimate of drug-likeness (QED) is 0.0331. The number of methoxy groups -OCH3 is 2. The molecule has 5 rings (SSSR count). The van der Waals surface area contributed by atoms with Crippen molar-refractivity contribution in [3.8, 4) is 0 Å². The molecule has 1 aromatic heterocycles. The second kappa shape index (κ2) is 34.2. The van der Waals surface area contributed by atoms with Gasteiger partial charge in [-0.05, 0) is 111 Å². The molecule has 5 heterocycles. The summed E-state index contributed by atoms with van der Waals surface area (Å²) in [6.45, 7) is 31.5. The van der Waals surface area contributed by atoms with Crippen LogP contribution in [0.5, 0.6) is 0 Å². The highest BCUT2D eigenvalue weighted by atomic mass is 32.2. The summed E-state index contributed by atoms with van der Waals surface area (Å²) in [7, 11) is 11.5. The lowest BCUT2D eigenvalue weighted by Gasteiger charge is -2.48. The molecule has 0 radical (unpaired) electrons. The van der Waals surface area contributed by atoms with Crippen LogP contribution in [-0.2, 0) is 52.2 Å². The number of thioether (sulfide) groups is 1. The Morgan fingerprint density at radius 1 is 0.735 bits per heavy atom. The van der Waals surface area contributed by atoms with E-state index in [9.17, 15) is 14.7 Å². The van der Waals surface area contributed by atoms with E-state index in [2.05, 4.69) is 102 Å². The Labute approximate surface area is 502 Å². The molecule has 476 valence electrons. The molecular weight excluding hydrogens is 1080 g/mol. The van der Waals surface area contributed by atoms with E-state index in [-0.39, 0.29) is 62.8 Å². The fourth-order valence-corrected chi connectivity index (χ4v) is 12.2. The van der Waals surface area contributed by atoms with Crippen molar-refractivity contribution in [2.24, 2.45) is 45.7 Å². The summed E-state index contributed by atoms with van der Waals surface area (Å²) in [5, 5.41) is 19.0. The van der Waals surface area contributed by atoms with Crippen molar-refractivity contribution in [3.05, 3.63) is 62.0 Å². The Balaban J connectivity index is 0.000000649. The zero-order valence-corrected chi connectivity index (χ0v) is 53.6. The summed E-state index contributed by atoms with van der Waals surface area (Å²) in [6.07, 6.45) is 6.30. The predicted octanol–water partition coefficient (Wildman–Crippen LogP) is 12.7. The molecule has 1 N–H and O–H groups in total. The average molecular weight is 1190 g/mol. The van der Waals surface area contributed by atoms with Crippen LogP contribution >= 0.6 is 11.8 Å². The van der Waals surface area contributed by atoms with Gasteiger partial charge >= 0.3 is 11.9 Å². The number of aliphatic hydroxyl groups is 1. The zero-order valence-electron chi connectivity index (χ0n) is 52.8. The Morgan fingerprint density at radius 3 is 1.58 bits per heavy atom. The first kappa shape index (κ1) is 76.8. The van der Waals surface area contributed by atoms with Crippen molar-refractivity contribution in [3.63, 3.8) is 0 Å². The van der Waals surface area contributed by atoms with Gasteiger partial charge in [-0.15, -0.1) is 0 Å². The monoisotopic (exact) mass is 1190 g/mol. The molecule has 2 saturated heterocycles. The molecule has 83 heavy (non-hydrogen) atoms. The average Bonchev–Trinajstić information content (AvgIpc) is 3.62. The van der Waals surface area contributed by atoms with Gasteiger partial charge in [0.25, 0.3) is 0 Å². The molecule has 2 fully saturated rings. The minimum atomic E-state index is -1.09. The van der Waals surface area contributed by atoms with Crippen LogP contribution < -0.4 is 0 Å². The number of esters is 2. The fourth-order valence-electron chi connectivity index (χ4n) is 11.1. The maximum absolute atomic E-state index is 12.7. The van der Waals surface area contributed by atoms with Crippen LogP contribution in [0.25, 0.3) is 20.9 Å². The first-order chi connectivity index (χ1) is 37.8. The maximum atomic E-state index is 12.7. The van der Waals surface area contributed by atoms with Gasteiger partial charge in [0, 0.05) is 99.9 Å². The van der Waals surface area contributed by atoms with Gasteiger partial charge in [0.05, 0.1) is 59.9 Å². The fraction of sp³-hybridized carbons (Fsp3) is 0.833. The smallest absolute Gasteiger partial charge is 0.340 e. The number of rotatable bonds is 24. The number of ether oxygens (including phenoxy) is 9. The van der Waals surface area contributed by atoms with Gasteiger partial charge in [0.2, 0.25) is 11.6 Å². The summed E-state index contributed by atoms with van der Waals surface area (Å²) in [5.41, 5.74) is 16.7. The van der Waals surface area contributed by atoms with Crippen molar-refractivity contribution in [2.45, 2.75) is 240 Å². The van der Waals surface area contributed by atoms with Crippen LogP contribution in [0.15, 0.2) is 56.5 Å². The van der Waals surface area contributed by atoms with Gasteiger partial charge in [-0.25, -0.2) is 19.6 Å². The summed E-state index contributed by atoms with van der Waals surface area (Å²) >= 11 is 1.53. The highest BCUT2D eigenvalue weighted by molar-refractivity contribution is 7.99. The summed E-state index contributed by atoms with van der Waals surface area (Å²) in [4.78, 5) is 43.3. The molecule has 0 aliphatic carbocycles. The van der Waals surface area contributed by atoms with Crippen LogP contribution in [0.3, 0.4) is 0 Å². The molecule has 7 unspecified atom stereocenters. The summed E-state index contributed by atoms with van der Waals surface area (Å²) in [6, 6.07) is 2.33. The zero-order chi connectivity index (χ0) is 61.4. The van der Waals surface area contributed by atoms with Crippen molar-refractivity contribution < 1.29 is 57.3 Å². The number of carbonyl (C=O) groups is 2. The number of carbonyl (C=O) groups excluding carboxylic acids is 2. The molecule has 1 aromatic rings. The highest BCUT2D eigenvalue weighted by Crippen LogP contribution is 2.43. The van der Waals surface area contributed by atoms with Gasteiger partial charge in [-0.3, -0.25) is 0 Å². The first-order valence-corrected chi connectivity index (χ1v) is 29.4. The SMILES string of the molecule is C.C.CC1C(Sc2ncccn2)OC(CN=[N+]=[N-])CC1N(C)C.CC[C@H](C)C[C@@](C)(OC)[C@H](O)[C@@H](C)C1=C(C)C(=O)OC(C)(C)O1.CC[C@H](C)C[C@@](C)(OC)[C@H](O[C@@H]1OC(CN=[N+]=[N-])CC(N(C)C)C1C)[C@@H](C)C1=C(C)C(=O)OC(C)(C)O1. The molecule has 0 aromatic carbocycles. The Bertz CT molecular complexity index is 2330. The topological polar surface area (TPSA) is 267 Å². The third kappa shape index (κ3) is 21.6. The third-order valence-electron chi connectivity index (χ3n) is 16.4. The molecule has 0 saturated carbocycles. The lowest BCUT2D eigenvalue weighted by atomic mass is 9.80. The van der Waals surface area contributed by atoms with E-state index in [1.807, 2.05) is 34.9 Å². The van der Waals surface area contributed by atoms with Gasteiger partial charge < -0.3 is 57.5 Å². The molecule has 22 nitrogen and oxygen atoms in total. The minimum Gasteiger partial charge on any atom is -0.456 e. The maximum Gasteiger partial charge on any atom is 0.340 e. The number of cyclic esters (lactones) is 2. The van der Waals surface area contributed by atoms with Gasteiger partial charge in [0.1, 0.15) is 17.0 Å². The molecule has 0 bridgehead atoms. The van der Waals surface area contributed by atoms with Crippen LogP contribution in [0, 0.1) is 35.5 Å². The second-order valence-electron chi connectivity index (χ2n) is 24.3. The lowest BCUT2D eigenvalue weighted by molar-refractivity contribution is -0.286. The largest absolute Gasteiger partial charge is 0.456 e. The molecule has 16 atom stereocenters. The number of hydrogen-bond acceptors (Lipinski definition) is 19. The van der Waals surface area contributed by atoms with E-state index in [0.717, 1.165) is 38.5 Å². The van der Waals surface area contributed by atoms with Gasteiger partial charge in [0.15, 0.2) is 11.4 Å². The lowest BCUT2D eigenvalue weighted by Crippen LogP contribution is -2.56. The Morgan fingerprint density at radius 2 is 1.16 bits per heavy atom. The van der Waals surface area contributed by atoms with Crippen molar-refractivity contribution in [1.29, 1.82) is 0 Å². The Kier molecular flexibility index (Phi) is 31.6. The van der Waals surface area contributed by atoms with Crippen molar-refractivity contribution in [2.75, 3.05) is 55.5 Å². The molecule has 4 aliphatic rings. The number of azide groups is 2. The number of nitrogens with zero attached hydrogens (tertiary/aromatic N) is 10. The number of aromatic nitrogens is 2. The van der Waals surface area contributed by atoms with Crippen molar-refractivity contribution in [1.82, 2.24) is 19.8 Å². The summed E-state index contributed by atoms with van der Waals surface area (Å²) < 4.78 is 53.9. The summed E-state index contributed by atoms with van der Waals surface area (Å²) in [5.74, 6) is -1.47. The standard InChI is InChI=1S/C27H48N4O6.C18H32O5.C13H20N6OS.2CH4/c1-12-16(2)14-27(8,33-11)23(18(4)22-19(5)24(32)37-26(6,7)36-22)35-25-17(3)21(31(9)10)13-20(34-25)15-29-30-28;1-9-11(2)10-18(7,21-8)15(19)12(3)14-13(4)16(20)23-17(5,6)22-14;1-9-11(19(2)3)7-10(8-17-18-14)20-12(9)21-13-15-5-4-6-16-13;;/h16-18,20-21,23,25H,12-15H2,1-11H3;11-12,15,19H,9-10H2,1-8H3;4-6,9-12H,7-8H2,1-3H3;2*1H4/t16-,17?,18-,20?,21?,23+,25-,27+;11-,12-,15+,18+;;;/m00.../s1. The molecular formula is C60H108N10O12S. The van der Waals surface area contributed by atoms with Crippen LogP contribution in [0.1, 0.15) is 164 Å². The van der Waals surface area contributed by atoms with E-state index < -0.39 is 53.2 Å². The normalized spacial score (nSPS) is 27.5. The van der Waals surface area contributed by atoms with Crippen molar-refractivity contribution >= 4 is 23.7 Å². The second-order valence-corrected chi connectivity index (χ2v) is 25.4. The molecule has 0 amide bonds. The minimum absolute atomic E-state index is 0. The van der Waals surface area contributed by atoms with E-state index in [1.165, 1.54) is 11.8 Å². The molecule has 0 spiro atoms. The number of hydrogen-bond donors (Lipinski definition) is 1. The predicted molar refractivity (Wildman–Crippen MR) is 325 cm³/mol. The Hall–Kier alpha value is -4.25. The third-order valence-corrected chi connectivity index (χ3v) is 17.6. The molecule has 23 heteroatoms. The number of aliphatic hydroxyl groups excluding tert-OH is 1. The first-order valence-electron chi connectivity index (χ1n) is 28.6. The van der Waals surface area contributed by atoms with E-state index in [0.29, 0.717) is 58.2 Å². The highest BCUT2D eigenvalue weighted by Gasteiger charge is 2.50.